The van der Waals surface area contributed by atoms with Crippen molar-refractivity contribution in [3.05, 3.63) is 66.5 Å². The van der Waals surface area contributed by atoms with E-state index in [1.54, 1.807) is 49.7 Å². The molecular weight excluding hydrogens is 436 g/mol. The van der Waals surface area contributed by atoms with Crippen LogP contribution < -0.4 is 9.47 Å². The van der Waals surface area contributed by atoms with E-state index < -0.39 is 10.0 Å². The van der Waals surface area contributed by atoms with Gasteiger partial charge in [0.1, 0.15) is 6.61 Å². The molecule has 0 spiro atoms. The molecule has 0 aliphatic carbocycles. The SMILES string of the molecule is COc1cc2c(-c3cccn3S(=O)(=O)c3ccc(C)cc3)cn(C)c2cc1OCCCl. The minimum absolute atomic E-state index is 0.241. The summed E-state index contributed by atoms with van der Waals surface area (Å²) in [5, 5.41) is 0.858. The number of ether oxygens (including phenoxy) is 2. The van der Waals surface area contributed by atoms with E-state index in [0.29, 0.717) is 29.7 Å². The summed E-state index contributed by atoms with van der Waals surface area (Å²) in [5.74, 6) is 1.51. The van der Waals surface area contributed by atoms with Gasteiger partial charge in [0.15, 0.2) is 11.5 Å². The first-order valence-corrected chi connectivity index (χ1v) is 11.7. The van der Waals surface area contributed by atoms with Gasteiger partial charge in [0.25, 0.3) is 10.0 Å². The Hall–Kier alpha value is -2.90. The molecule has 162 valence electrons. The second-order valence-corrected chi connectivity index (χ2v) is 9.41. The third-order valence-corrected chi connectivity index (χ3v) is 7.03. The molecule has 4 rings (SSSR count). The lowest BCUT2D eigenvalue weighted by atomic mass is 10.1. The Labute approximate surface area is 186 Å². The van der Waals surface area contributed by atoms with E-state index in [2.05, 4.69) is 0 Å². The molecule has 0 saturated heterocycles. The molecule has 0 amide bonds. The van der Waals surface area contributed by atoms with Gasteiger partial charge in [0.05, 0.1) is 29.1 Å². The zero-order chi connectivity index (χ0) is 22.2. The van der Waals surface area contributed by atoms with Crippen LogP contribution in [-0.2, 0) is 17.1 Å². The van der Waals surface area contributed by atoms with Crippen LogP contribution in [0.15, 0.2) is 65.8 Å². The standard InChI is InChI=1S/C23H23ClN2O4S/c1-16-6-8-17(9-7-16)31(27,28)26-11-4-5-20(26)19-15-25(2)21-14-23(30-12-10-24)22(29-3)13-18(19)21/h4-9,11,13-15H,10,12H2,1-3H3. The topological polar surface area (TPSA) is 62.5 Å². The zero-order valence-electron chi connectivity index (χ0n) is 17.5. The summed E-state index contributed by atoms with van der Waals surface area (Å²) in [6, 6.07) is 14.1. The molecule has 2 heterocycles. The van der Waals surface area contributed by atoms with Crippen LogP contribution in [0.5, 0.6) is 11.5 Å². The number of fused-ring (bicyclic) bond motifs is 1. The highest BCUT2D eigenvalue weighted by Gasteiger charge is 2.23. The van der Waals surface area contributed by atoms with E-state index in [-0.39, 0.29) is 4.90 Å². The summed E-state index contributed by atoms with van der Waals surface area (Å²) in [5.41, 5.74) is 3.24. The summed E-state index contributed by atoms with van der Waals surface area (Å²) in [6.45, 7) is 2.28. The molecule has 0 radical (unpaired) electrons. The maximum Gasteiger partial charge on any atom is 0.268 e. The fourth-order valence-corrected chi connectivity index (χ4v) is 5.06. The Morgan fingerprint density at radius 1 is 1.06 bits per heavy atom. The van der Waals surface area contributed by atoms with Crippen molar-refractivity contribution >= 4 is 32.5 Å². The van der Waals surface area contributed by atoms with E-state index in [9.17, 15) is 8.42 Å². The van der Waals surface area contributed by atoms with E-state index in [1.165, 1.54) is 3.97 Å². The van der Waals surface area contributed by atoms with E-state index in [4.69, 9.17) is 21.1 Å². The van der Waals surface area contributed by atoms with Gasteiger partial charge in [-0.05, 0) is 37.3 Å². The Kier molecular flexibility index (Phi) is 5.73. The lowest BCUT2D eigenvalue weighted by Crippen LogP contribution is -2.13. The number of hydrogen-bond donors (Lipinski definition) is 0. The third-order valence-electron chi connectivity index (χ3n) is 5.18. The average molecular weight is 459 g/mol. The van der Waals surface area contributed by atoms with Gasteiger partial charge in [-0.25, -0.2) is 12.4 Å². The molecule has 0 aliphatic heterocycles. The Morgan fingerprint density at radius 2 is 1.81 bits per heavy atom. The smallest absolute Gasteiger partial charge is 0.268 e. The lowest BCUT2D eigenvalue weighted by molar-refractivity contribution is 0.313. The fraction of sp³-hybridized carbons (Fsp3) is 0.217. The molecule has 2 aromatic carbocycles. The van der Waals surface area contributed by atoms with Crippen molar-refractivity contribution in [2.45, 2.75) is 11.8 Å². The van der Waals surface area contributed by atoms with Crippen molar-refractivity contribution in [3.8, 4) is 22.8 Å². The highest BCUT2D eigenvalue weighted by atomic mass is 35.5. The predicted molar refractivity (Wildman–Crippen MR) is 123 cm³/mol. The van der Waals surface area contributed by atoms with Crippen LogP contribution in [0.3, 0.4) is 0 Å². The molecule has 8 heteroatoms. The molecule has 4 aromatic rings. The van der Waals surface area contributed by atoms with Crippen LogP contribution in [0.1, 0.15) is 5.56 Å². The van der Waals surface area contributed by atoms with E-state index in [0.717, 1.165) is 22.0 Å². The van der Waals surface area contributed by atoms with Crippen molar-refractivity contribution < 1.29 is 17.9 Å². The van der Waals surface area contributed by atoms with Gasteiger partial charge in [-0.3, -0.25) is 0 Å². The number of halogens is 1. The van der Waals surface area contributed by atoms with Gasteiger partial charge in [-0.2, -0.15) is 0 Å². The number of hydrogen-bond acceptors (Lipinski definition) is 4. The number of aromatic nitrogens is 2. The molecular formula is C23H23ClN2O4S. The third kappa shape index (κ3) is 3.79. The molecule has 0 unspecified atom stereocenters. The minimum atomic E-state index is -3.75. The number of rotatable bonds is 7. The largest absolute Gasteiger partial charge is 0.493 e. The minimum Gasteiger partial charge on any atom is -0.493 e. The number of methoxy groups -OCH3 is 1. The number of alkyl halides is 1. The lowest BCUT2D eigenvalue weighted by Gasteiger charge is -2.12. The van der Waals surface area contributed by atoms with Gasteiger partial charge in [0, 0.05) is 36.5 Å². The van der Waals surface area contributed by atoms with Gasteiger partial charge >= 0.3 is 0 Å². The van der Waals surface area contributed by atoms with Crippen molar-refractivity contribution in [1.29, 1.82) is 0 Å². The van der Waals surface area contributed by atoms with Crippen LogP contribution >= 0.6 is 11.6 Å². The van der Waals surface area contributed by atoms with Crippen LogP contribution in [0.4, 0.5) is 0 Å². The fourth-order valence-electron chi connectivity index (χ4n) is 3.62. The first-order chi connectivity index (χ1) is 14.9. The summed E-state index contributed by atoms with van der Waals surface area (Å²) in [6.07, 6.45) is 3.48. The Bertz CT molecular complexity index is 1340. The molecule has 31 heavy (non-hydrogen) atoms. The van der Waals surface area contributed by atoms with E-state index >= 15 is 0 Å². The molecule has 0 aliphatic rings. The monoisotopic (exact) mass is 458 g/mol. The summed E-state index contributed by atoms with van der Waals surface area (Å²) in [4.78, 5) is 0.241. The van der Waals surface area contributed by atoms with Crippen molar-refractivity contribution in [2.24, 2.45) is 7.05 Å². The molecule has 0 atom stereocenters. The van der Waals surface area contributed by atoms with Crippen LogP contribution in [0.25, 0.3) is 22.2 Å². The Morgan fingerprint density at radius 3 is 2.48 bits per heavy atom. The van der Waals surface area contributed by atoms with Gasteiger partial charge in [0.2, 0.25) is 0 Å². The first kappa shape index (κ1) is 21.3. The van der Waals surface area contributed by atoms with Crippen LogP contribution in [0, 0.1) is 6.92 Å². The summed E-state index contributed by atoms with van der Waals surface area (Å²) >= 11 is 5.76. The van der Waals surface area contributed by atoms with Gasteiger partial charge < -0.3 is 14.0 Å². The summed E-state index contributed by atoms with van der Waals surface area (Å²) < 4.78 is 41.2. The average Bonchev–Trinajstić information content (AvgIpc) is 3.37. The van der Waals surface area contributed by atoms with Gasteiger partial charge in [-0.1, -0.05) is 17.7 Å². The Balaban J connectivity index is 1.88. The predicted octanol–water partition coefficient (Wildman–Crippen LogP) is 4.82. The van der Waals surface area contributed by atoms with Crippen molar-refractivity contribution in [3.63, 3.8) is 0 Å². The second-order valence-electron chi connectivity index (χ2n) is 7.22. The second kappa shape index (κ2) is 8.32. The van der Waals surface area contributed by atoms with E-state index in [1.807, 2.05) is 36.9 Å². The number of aryl methyl sites for hydroxylation is 2. The molecule has 0 N–H and O–H groups in total. The first-order valence-electron chi connectivity index (χ1n) is 9.72. The summed E-state index contributed by atoms with van der Waals surface area (Å²) in [7, 11) is -0.270. The van der Waals surface area contributed by atoms with Crippen LogP contribution in [0.2, 0.25) is 0 Å². The highest BCUT2D eigenvalue weighted by Crippen LogP contribution is 2.39. The number of nitrogens with zero attached hydrogens (tertiary/aromatic N) is 2. The maximum atomic E-state index is 13.3. The zero-order valence-corrected chi connectivity index (χ0v) is 19.1. The molecule has 0 saturated carbocycles. The number of benzene rings is 2. The van der Waals surface area contributed by atoms with Gasteiger partial charge in [-0.15, -0.1) is 11.6 Å². The molecule has 2 aromatic heterocycles. The van der Waals surface area contributed by atoms with Crippen molar-refractivity contribution in [2.75, 3.05) is 19.6 Å². The molecule has 0 fully saturated rings. The van der Waals surface area contributed by atoms with Crippen molar-refractivity contribution in [1.82, 2.24) is 8.54 Å². The highest BCUT2D eigenvalue weighted by molar-refractivity contribution is 7.90. The molecule has 0 bridgehead atoms. The quantitative estimate of drug-likeness (QED) is 0.372. The maximum absolute atomic E-state index is 13.3. The molecule has 6 nitrogen and oxygen atoms in total. The normalized spacial score (nSPS) is 11.7. The van der Waals surface area contributed by atoms with Crippen LogP contribution in [-0.4, -0.2) is 36.6 Å².